The van der Waals surface area contributed by atoms with Crippen LogP contribution in [0.25, 0.3) is 10.9 Å². The molecule has 0 saturated carbocycles. The van der Waals surface area contributed by atoms with Crippen molar-refractivity contribution in [2.24, 2.45) is 11.8 Å². The average Bonchev–Trinajstić information content (AvgIpc) is 2.87. The van der Waals surface area contributed by atoms with Crippen LogP contribution in [-0.2, 0) is 11.3 Å². The molecule has 0 amide bonds. The minimum atomic E-state index is -0.424. The van der Waals surface area contributed by atoms with Crippen LogP contribution in [0.5, 0.6) is 0 Å². The van der Waals surface area contributed by atoms with Crippen molar-refractivity contribution >= 4 is 16.9 Å². The fraction of sp³-hybridized carbons (Fsp3) is 0.357. The number of hydrogen-bond acceptors (Lipinski definition) is 5. The van der Waals surface area contributed by atoms with Gasteiger partial charge in [-0.3, -0.25) is 9.88 Å². The second-order valence-corrected chi connectivity index (χ2v) is 9.35. The Labute approximate surface area is 194 Å². The summed E-state index contributed by atoms with van der Waals surface area (Å²) < 4.78 is 6.31. The lowest BCUT2D eigenvalue weighted by Gasteiger charge is -2.51. The van der Waals surface area contributed by atoms with Crippen LogP contribution >= 0.6 is 0 Å². The fourth-order valence-electron chi connectivity index (χ4n) is 5.48. The summed E-state index contributed by atoms with van der Waals surface area (Å²) in [5, 5.41) is 10.6. The van der Waals surface area contributed by atoms with Crippen molar-refractivity contribution in [2.75, 3.05) is 13.1 Å². The molecule has 5 heteroatoms. The van der Waals surface area contributed by atoms with E-state index in [1.165, 1.54) is 0 Å². The molecule has 5 atom stereocenters. The Balaban J connectivity index is 1.56. The first-order valence-corrected chi connectivity index (χ1v) is 11.7. The summed E-state index contributed by atoms with van der Waals surface area (Å²) in [6, 6.07) is 15.3. The molecule has 4 heterocycles. The first-order valence-electron chi connectivity index (χ1n) is 11.7. The van der Waals surface area contributed by atoms with E-state index >= 15 is 0 Å². The third kappa shape index (κ3) is 4.19. The maximum atomic E-state index is 13.3. The van der Waals surface area contributed by atoms with E-state index in [2.05, 4.69) is 22.5 Å². The standard InChI is InChI=1S/C28H30N2O3/c1-3-20-16-30-13-11-22(20)15-26(30)27(33-28(32)21-7-4-18(2)5-8-21)23-10-12-29-25-9-6-19(17-31)14-24(23)25/h3-10,12,14,20,22,26-27,31H,1,11,13,15-17H2,2H3/t20-,22?,26-,27-/m0/s1. The van der Waals surface area contributed by atoms with Crippen LogP contribution in [0.4, 0.5) is 0 Å². The lowest BCUT2D eigenvalue weighted by molar-refractivity contribution is -0.0568. The Bertz CT molecular complexity index is 1170. The third-order valence-corrected chi connectivity index (χ3v) is 7.35. The van der Waals surface area contributed by atoms with Gasteiger partial charge in [0.1, 0.15) is 6.10 Å². The Hall–Kier alpha value is -3.02. The van der Waals surface area contributed by atoms with Crippen LogP contribution < -0.4 is 0 Å². The van der Waals surface area contributed by atoms with Crippen LogP contribution in [0.1, 0.15) is 46.0 Å². The largest absolute Gasteiger partial charge is 0.452 e. The first kappa shape index (κ1) is 21.8. The molecule has 5 nitrogen and oxygen atoms in total. The van der Waals surface area contributed by atoms with Gasteiger partial charge in [0.15, 0.2) is 0 Å². The number of aliphatic hydroxyl groups excluding tert-OH is 1. The SMILES string of the molecule is C=C[C@H]1CN2CCC1C[C@H]2[C@@H](OC(=O)c1ccc(C)cc1)c1ccnc2ccc(CO)cc12. The molecule has 0 spiro atoms. The van der Waals surface area contributed by atoms with Crippen LogP contribution in [0.15, 0.2) is 67.4 Å². The van der Waals surface area contributed by atoms with Crippen LogP contribution in [0.3, 0.4) is 0 Å². The number of piperidine rings is 3. The number of ether oxygens (including phenoxy) is 1. The second-order valence-electron chi connectivity index (χ2n) is 9.35. The minimum absolute atomic E-state index is 0.0449. The molecule has 3 aromatic rings. The number of aromatic nitrogens is 1. The van der Waals surface area contributed by atoms with Gasteiger partial charge < -0.3 is 9.84 Å². The Morgan fingerprint density at radius 1 is 1.27 bits per heavy atom. The summed E-state index contributed by atoms with van der Waals surface area (Å²) in [5.41, 5.74) is 4.26. The number of fused-ring (bicyclic) bond motifs is 4. The maximum absolute atomic E-state index is 13.3. The summed E-state index contributed by atoms with van der Waals surface area (Å²) in [6.45, 7) is 7.95. The second kappa shape index (κ2) is 9.08. The van der Waals surface area contributed by atoms with Gasteiger partial charge >= 0.3 is 5.97 Å². The highest BCUT2D eigenvalue weighted by Gasteiger charge is 2.44. The number of benzene rings is 2. The van der Waals surface area contributed by atoms with Gasteiger partial charge in [-0.2, -0.15) is 0 Å². The number of rotatable bonds is 6. The molecule has 3 saturated heterocycles. The molecule has 3 fully saturated rings. The summed E-state index contributed by atoms with van der Waals surface area (Å²) >= 11 is 0. The quantitative estimate of drug-likeness (QED) is 0.438. The van der Waals surface area contributed by atoms with E-state index in [9.17, 15) is 9.90 Å². The maximum Gasteiger partial charge on any atom is 0.338 e. The molecule has 1 aromatic heterocycles. The number of aliphatic hydroxyl groups is 1. The van der Waals surface area contributed by atoms with E-state index in [4.69, 9.17) is 4.74 Å². The van der Waals surface area contributed by atoms with Gasteiger partial charge in [0.2, 0.25) is 0 Å². The first-order chi connectivity index (χ1) is 16.1. The monoisotopic (exact) mass is 442 g/mol. The third-order valence-electron chi connectivity index (χ3n) is 7.35. The normalized spacial score (nSPS) is 25.0. The average molecular weight is 443 g/mol. The van der Waals surface area contributed by atoms with Gasteiger partial charge in [0.05, 0.1) is 23.7 Å². The molecule has 3 aliphatic heterocycles. The van der Waals surface area contributed by atoms with E-state index in [1.807, 2.05) is 55.5 Å². The number of nitrogens with zero attached hydrogens (tertiary/aromatic N) is 2. The summed E-state index contributed by atoms with van der Waals surface area (Å²) in [5.74, 6) is 0.726. The van der Waals surface area contributed by atoms with E-state index in [0.29, 0.717) is 17.4 Å². The highest BCUT2D eigenvalue weighted by molar-refractivity contribution is 5.90. The molecule has 2 bridgehead atoms. The molecule has 6 rings (SSSR count). The molecule has 2 aromatic carbocycles. The Morgan fingerprint density at radius 3 is 2.79 bits per heavy atom. The Kier molecular flexibility index (Phi) is 6.00. The predicted octanol–water partition coefficient (Wildman–Crippen LogP) is 4.83. The zero-order valence-electron chi connectivity index (χ0n) is 19.0. The van der Waals surface area contributed by atoms with Gasteiger partial charge in [0, 0.05) is 23.7 Å². The topological polar surface area (TPSA) is 62.7 Å². The molecule has 0 radical (unpaired) electrons. The van der Waals surface area contributed by atoms with Gasteiger partial charge in [0.25, 0.3) is 0 Å². The molecular weight excluding hydrogens is 412 g/mol. The summed E-state index contributed by atoms with van der Waals surface area (Å²) in [7, 11) is 0. The Morgan fingerprint density at radius 2 is 2.09 bits per heavy atom. The molecule has 2 unspecified atom stereocenters. The van der Waals surface area contributed by atoms with Crippen molar-refractivity contribution in [1.82, 2.24) is 9.88 Å². The van der Waals surface area contributed by atoms with Crippen LogP contribution in [0, 0.1) is 18.8 Å². The van der Waals surface area contributed by atoms with Gasteiger partial charge in [-0.25, -0.2) is 4.79 Å². The van der Waals surface area contributed by atoms with E-state index in [1.54, 1.807) is 6.20 Å². The van der Waals surface area contributed by atoms with Crippen molar-refractivity contribution in [3.63, 3.8) is 0 Å². The van der Waals surface area contributed by atoms with Gasteiger partial charge in [-0.15, -0.1) is 6.58 Å². The zero-order chi connectivity index (χ0) is 22.9. The number of pyridine rings is 1. The summed E-state index contributed by atoms with van der Waals surface area (Å²) in [4.78, 5) is 20.2. The van der Waals surface area contributed by atoms with E-state index in [0.717, 1.165) is 53.5 Å². The van der Waals surface area contributed by atoms with Crippen molar-refractivity contribution in [1.29, 1.82) is 0 Å². The van der Waals surface area contributed by atoms with Crippen molar-refractivity contribution in [3.8, 4) is 0 Å². The number of carbonyl (C=O) groups is 1. The fourth-order valence-corrected chi connectivity index (χ4v) is 5.48. The smallest absolute Gasteiger partial charge is 0.338 e. The number of carbonyl (C=O) groups excluding carboxylic acids is 1. The molecule has 0 aliphatic carbocycles. The van der Waals surface area contributed by atoms with E-state index in [-0.39, 0.29) is 18.6 Å². The lowest BCUT2D eigenvalue weighted by Crippen LogP contribution is -2.55. The van der Waals surface area contributed by atoms with Gasteiger partial charge in [-0.05, 0) is 74.0 Å². The molecule has 3 aliphatic rings. The van der Waals surface area contributed by atoms with Crippen LogP contribution in [-0.4, -0.2) is 40.1 Å². The van der Waals surface area contributed by atoms with Crippen molar-refractivity contribution < 1.29 is 14.6 Å². The molecule has 170 valence electrons. The molecular formula is C28H30N2O3. The molecule has 1 N–H and O–H groups in total. The number of hydrogen-bond donors (Lipinski definition) is 1. The highest BCUT2D eigenvalue weighted by atomic mass is 16.5. The van der Waals surface area contributed by atoms with Gasteiger partial charge in [-0.1, -0.05) is 29.8 Å². The lowest BCUT2D eigenvalue weighted by atomic mass is 9.73. The van der Waals surface area contributed by atoms with Crippen molar-refractivity contribution in [3.05, 3.63) is 89.6 Å². The van der Waals surface area contributed by atoms with Crippen molar-refractivity contribution in [2.45, 2.75) is 38.5 Å². The summed E-state index contributed by atoms with van der Waals surface area (Å²) in [6.07, 6.45) is 5.55. The van der Waals surface area contributed by atoms with Crippen LogP contribution in [0.2, 0.25) is 0 Å². The highest BCUT2D eigenvalue weighted by Crippen LogP contribution is 2.43. The number of aryl methyl sites for hydroxylation is 1. The molecule has 33 heavy (non-hydrogen) atoms. The van der Waals surface area contributed by atoms with E-state index < -0.39 is 6.10 Å². The number of esters is 1. The predicted molar refractivity (Wildman–Crippen MR) is 129 cm³/mol. The zero-order valence-corrected chi connectivity index (χ0v) is 19.0. The minimum Gasteiger partial charge on any atom is -0.452 e.